The number of nitrogens with zero attached hydrogens (tertiary/aromatic N) is 1. The summed E-state index contributed by atoms with van der Waals surface area (Å²) in [4.78, 5) is 13.9. The lowest BCUT2D eigenvalue weighted by atomic mass is 9.99. The molecule has 0 saturated carbocycles. The standard InChI is InChI=1S/C12H22N2O2/c1-12(2,3)8-16-11(15)14-9-4-5-10(14)7-13-6-9/h9-10,13H,4-8H2,1-3H3. The lowest BCUT2D eigenvalue weighted by molar-refractivity contribution is 0.0514. The molecule has 0 aromatic carbocycles. The van der Waals surface area contributed by atoms with E-state index in [1.165, 1.54) is 0 Å². The normalized spacial score (nSPS) is 29.3. The number of fused-ring (bicyclic) bond motifs is 2. The van der Waals surface area contributed by atoms with Gasteiger partial charge in [-0.05, 0) is 18.3 Å². The molecule has 0 radical (unpaired) electrons. The van der Waals surface area contributed by atoms with Crippen LogP contribution in [0.4, 0.5) is 4.79 Å². The van der Waals surface area contributed by atoms with E-state index in [2.05, 4.69) is 26.1 Å². The molecule has 2 heterocycles. The van der Waals surface area contributed by atoms with Crippen LogP contribution >= 0.6 is 0 Å². The van der Waals surface area contributed by atoms with Crippen LogP contribution in [0.5, 0.6) is 0 Å². The number of hydrogen-bond acceptors (Lipinski definition) is 3. The van der Waals surface area contributed by atoms with E-state index in [0.717, 1.165) is 25.9 Å². The molecule has 4 nitrogen and oxygen atoms in total. The summed E-state index contributed by atoms with van der Waals surface area (Å²) in [6, 6.07) is 0.706. The highest BCUT2D eigenvalue weighted by Crippen LogP contribution is 2.27. The number of nitrogens with one attached hydrogen (secondary N) is 1. The average Bonchev–Trinajstić information content (AvgIpc) is 2.44. The Morgan fingerprint density at radius 2 is 1.88 bits per heavy atom. The molecule has 0 aromatic heterocycles. The first-order chi connectivity index (χ1) is 7.47. The second kappa shape index (κ2) is 4.24. The van der Waals surface area contributed by atoms with Gasteiger partial charge in [0, 0.05) is 25.2 Å². The first-order valence-corrected chi connectivity index (χ1v) is 6.13. The summed E-state index contributed by atoms with van der Waals surface area (Å²) in [6.07, 6.45) is 2.11. The zero-order chi connectivity index (χ0) is 11.8. The van der Waals surface area contributed by atoms with Crippen LogP contribution in [-0.4, -0.2) is 42.8 Å². The topological polar surface area (TPSA) is 41.6 Å². The molecule has 2 rings (SSSR count). The van der Waals surface area contributed by atoms with Crippen LogP contribution in [0.1, 0.15) is 33.6 Å². The van der Waals surface area contributed by atoms with Gasteiger partial charge < -0.3 is 10.1 Å². The number of carbonyl (C=O) groups excluding carboxylic acids is 1. The van der Waals surface area contributed by atoms with E-state index in [1.54, 1.807) is 0 Å². The lowest BCUT2D eigenvalue weighted by Crippen LogP contribution is -2.54. The fourth-order valence-corrected chi connectivity index (χ4v) is 2.43. The van der Waals surface area contributed by atoms with Gasteiger partial charge in [-0.15, -0.1) is 0 Å². The maximum absolute atomic E-state index is 12.0. The van der Waals surface area contributed by atoms with Gasteiger partial charge in [0.05, 0.1) is 6.61 Å². The van der Waals surface area contributed by atoms with Crippen LogP contribution in [0, 0.1) is 5.41 Å². The van der Waals surface area contributed by atoms with E-state index in [1.807, 2.05) is 4.90 Å². The van der Waals surface area contributed by atoms with Gasteiger partial charge in [0.2, 0.25) is 0 Å². The molecule has 1 N–H and O–H groups in total. The average molecular weight is 226 g/mol. The van der Waals surface area contributed by atoms with Gasteiger partial charge in [0.25, 0.3) is 0 Å². The molecule has 0 aliphatic carbocycles. The summed E-state index contributed by atoms with van der Waals surface area (Å²) < 4.78 is 5.39. The minimum absolute atomic E-state index is 0.0444. The molecule has 2 aliphatic rings. The van der Waals surface area contributed by atoms with Crippen molar-refractivity contribution >= 4 is 6.09 Å². The van der Waals surface area contributed by atoms with E-state index < -0.39 is 0 Å². The maximum Gasteiger partial charge on any atom is 0.410 e. The third kappa shape index (κ3) is 2.48. The Labute approximate surface area is 97.3 Å². The van der Waals surface area contributed by atoms with E-state index in [-0.39, 0.29) is 11.5 Å². The van der Waals surface area contributed by atoms with E-state index in [0.29, 0.717) is 18.7 Å². The third-order valence-corrected chi connectivity index (χ3v) is 3.22. The number of carbonyl (C=O) groups is 1. The van der Waals surface area contributed by atoms with Crippen molar-refractivity contribution in [1.29, 1.82) is 0 Å². The van der Waals surface area contributed by atoms with Crippen molar-refractivity contribution in [2.45, 2.75) is 45.7 Å². The number of piperazine rings is 1. The number of ether oxygens (including phenoxy) is 1. The van der Waals surface area contributed by atoms with Gasteiger partial charge in [0.15, 0.2) is 0 Å². The van der Waals surface area contributed by atoms with Gasteiger partial charge in [-0.25, -0.2) is 4.79 Å². The van der Waals surface area contributed by atoms with Crippen LogP contribution in [0.2, 0.25) is 0 Å². The van der Waals surface area contributed by atoms with Gasteiger partial charge in [-0.3, -0.25) is 4.90 Å². The van der Waals surface area contributed by atoms with E-state index in [9.17, 15) is 4.79 Å². The van der Waals surface area contributed by atoms with E-state index >= 15 is 0 Å². The van der Waals surface area contributed by atoms with Gasteiger partial charge >= 0.3 is 6.09 Å². The highest BCUT2D eigenvalue weighted by atomic mass is 16.6. The Bertz CT molecular complexity index is 257. The summed E-state index contributed by atoms with van der Waals surface area (Å²) in [7, 11) is 0. The molecule has 16 heavy (non-hydrogen) atoms. The molecular formula is C12H22N2O2. The Morgan fingerprint density at radius 1 is 1.31 bits per heavy atom. The predicted molar refractivity (Wildman–Crippen MR) is 62.3 cm³/mol. The van der Waals surface area contributed by atoms with Crippen LogP contribution in [0.25, 0.3) is 0 Å². The fraction of sp³-hybridized carbons (Fsp3) is 0.917. The Balaban J connectivity index is 1.90. The number of amides is 1. The Kier molecular flexibility index (Phi) is 3.10. The molecule has 2 unspecified atom stereocenters. The molecule has 2 saturated heterocycles. The second-order valence-corrected chi connectivity index (χ2v) is 6.07. The van der Waals surface area contributed by atoms with Crippen LogP contribution in [0.3, 0.4) is 0 Å². The molecule has 1 amide bonds. The van der Waals surface area contributed by atoms with Crippen molar-refractivity contribution in [3.63, 3.8) is 0 Å². The minimum atomic E-state index is -0.121. The van der Waals surface area contributed by atoms with Crippen LogP contribution in [0.15, 0.2) is 0 Å². The van der Waals surface area contributed by atoms with Gasteiger partial charge in [-0.1, -0.05) is 20.8 Å². The first kappa shape index (κ1) is 11.7. The summed E-state index contributed by atoms with van der Waals surface area (Å²) >= 11 is 0. The molecule has 4 heteroatoms. The smallest absolute Gasteiger partial charge is 0.410 e. The fourth-order valence-electron chi connectivity index (χ4n) is 2.43. The summed E-state index contributed by atoms with van der Waals surface area (Å²) in [5.41, 5.74) is 0.0444. The molecule has 0 spiro atoms. The monoisotopic (exact) mass is 226 g/mol. The zero-order valence-electron chi connectivity index (χ0n) is 10.5. The first-order valence-electron chi connectivity index (χ1n) is 6.13. The van der Waals surface area contributed by atoms with Crippen LogP contribution in [-0.2, 0) is 4.74 Å². The SMILES string of the molecule is CC(C)(C)COC(=O)N1C2CCC1CNC2. The molecule has 92 valence electrons. The molecule has 0 aromatic rings. The quantitative estimate of drug-likeness (QED) is 0.738. The van der Waals surface area contributed by atoms with Crippen molar-refractivity contribution in [3.8, 4) is 0 Å². The van der Waals surface area contributed by atoms with Crippen molar-refractivity contribution in [2.24, 2.45) is 5.41 Å². The van der Waals surface area contributed by atoms with Gasteiger partial charge in [-0.2, -0.15) is 0 Å². The second-order valence-electron chi connectivity index (χ2n) is 6.07. The van der Waals surface area contributed by atoms with E-state index in [4.69, 9.17) is 4.74 Å². The van der Waals surface area contributed by atoms with Crippen molar-refractivity contribution in [2.75, 3.05) is 19.7 Å². The third-order valence-electron chi connectivity index (χ3n) is 3.22. The largest absolute Gasteiger partial charge is 0.449 e. The zero-order valence-corrected chi connectivity index (χ0v) is 10.5. The van der Waals surface area contributed by atoms with Crippen molar-refractivity contribution in [1.82, 2.24) is 10.2 Å². The van der Waals surface area contributed by atoms with Gasteiger partial charge in [0.1, 0.15) is 0 Å². The molecule has 2 atom stereocenters. The van der Waals surface area contributed by atoms with Crippen molar-refractivity contribution < 1.29 is 9.53 Å². The Morgan fingerprint density at radius 3 is 2.38 bits per heavy atom. The number of hydrogen-bond donors (Lipinski definition) is 1. The minimum Gasteiger partial charge on any atom is -0.449 e. The highest BCUT2D eigenvalue weighted by Gasteiger charge is 2.40. The number of rotatable bonds is 1. The molecule has 2 bridgehead atoms. The summed E-state index contributed by atoms with van der Waals surface area (Å²) in [5, 5.41) is 3.35. The highest BCUT2D eigenvalue weighted by molar-refractivity contribution is 5.69. The van der Waals surface area contributed by atoms with Crippen molar-refractivity contribution in [3.05, 3.63) is 0 Å². The lowest BCUT2D eigenvalue weighted by Gasteiger charge is -2.35. The summed E-state index contributed by atoms with van der Waals surface area (Å²) in [5.74, 6) is 0. The Hall–Kier alpha value is -0.770. The predicted octanol–water partition coefficient (Wildman–Crippen LogP) is 1.61. The summed E-state index contributed by atoms with van der Waals surface area (Å²) in [6.45, 7) is 8.56. The molecular weight excluding hydrogens is 204 g/mol. The maximum atomic E-state index is 12.0. The molecule has 2 aliphatic heterocycles. The van der Waals surface area contributed by atoms with Crippen LogP contribution < -0.4 is 5.32 Å². The molecule has 2 fully saturated rings.